The summed E-state index contributed by atoms with van der Waals surface area (Å²) in [6.07, 6.45) is 5.45. The van der Waals surface area contributed by atoms with E-state index in [0.717, 1.165) is 18.5 Å². The van der Waals surface area contributed by atoms with E-state index in [1.165, 1.54) is 36.2 Å². The van der Waals surface area contributed by atoms with Gasteiger partial charge in [-0.05, 0) is 43.5 Å². The summed E-state index contributed by atoms with van der Waals surface area (Å²) in [5.74, 6) is -0.191. The van der Waals surface area contributed by atoms with Crippen LogP contribution in [0.3, 0.4) is 0 Å². The van der Waals surface area contributed by atoms with Crippen molar-refractivity contribution >= 4 is 0 Å². The lowest BCUT2D eigenvalue weighted by Gasteiger charge is -2.23. The van der Waals surface area contributed by atoms with Crippen molar-refractivity contribution < 1.29 is 4.39 Å². The van der Waals surface area contributed by atoms with Crippen LogP contribution in [0.25, 0.3) is 0 Å². The molecule has 0 radical (unpaired) electrons. The van der Waals surface area contributed by atoms with Crippen LogP contribution in [0, 0.1) is 5.82 Å². The lowest BCUT2D eigenvalue weighted by Crippen LogP contribution is -2.25. The molecule has 3 rings (SSSR count). The summed E-state index contributed by atoms with van der Waals surface area (Å²) in [6.45, 7) is 3.83. The zero-order valence-electron chi connectivity index (χ0n) is 11.8. The van der Waals surface area contributed by atoms with Gasteiger partial charge in [0.1, 0.15) is 5.82 Å². The van der Waals surface area contributed by atoms with Gasteiger partial charge in [0.2, 0.25) is 0 Å². The fourth-order valence-corrected chi connectivity index (χ4v) is 2.98. The zero-order chi connectivity index (χ0) is 13.9. The molecule has 1 unspecified atom stereocenters. The maximum absolute atomic E-state index is 12.9. The number of rotatable bonds is 4. The Morgan fingerprint density at radius 3 is 2.90 bits per heavy atom. The van der Waals surface area contributed by atoms with E-state index in [0.29, 0.717) is 12.6 Å². The van der Waals surface area contributed by atoms with E-state index in [-0.39, 0.29) is 5.82 Å². The summed E-state index contributed by atoms with van der Waals surface area (Å²) in [7, 11) is 0. The number of benzene rings is 1. The summed E-state index contributed by atoms with van der Waals surface area (Å²) in [6, 6.07) is 7.10. The molecule has 1 aromatic carbocycles. The topological polar surface area (TPSA) is 29.9 Å². The summed E-state index contributed by atoms with van der Waals surface area (Å²) < 4.78 is 15.0. The molecule has 0 spiro atoms. The summed E-state index contributed by atoms with van der Waals surface area (Å²) >= 11 is 0. The molecule has 0 fully saturated rings. The number of halogens is 1. The van der Waals surface area contributed by atoms with Crippen molar-refractivity contribution in [3.05, 3.63) is 53.1 Å². The largest absolute Gasteiger partial charge is 0.310 e. The molecule has 1 atom stereocenters. The second kappa shape index (κ2) is 5.75. The van der Waals surface area contributed by atoms with Crippen molar-refractivity contribution in [1.82, 2.24) is 15.1 Å². The molecule has 1 aliphatic carbocycles. The maximum atomic E-state index is 12.9. The van der Waals surface area contributed by atoms with Gasteiger partial charge < -0.3 is 5.32 Å². The minimum atomic E-state index is -0.191. The molecule has 1 heterocycles. The van der Waals surface area contributed by atoms with Crippen LogP contribution in [0.5, 0.6) is 0 Å². The standard InChI is InChI=1S/C16H20FN3/c1-2-18-15-4-3-5-16-14(15)10-19-20(16)11-12-6-8-13(17)9-7-12/h6-10,15,18H,2-5,11H2,1H3. The molecule has 1 aliphatic rings. The van der Waals surface area contributed by atoms with Gasteiger partial charge in [0.25, 0.3) is 0 Å². The van der Waals surface area contributed by atoms with Crippen LogP contribution in [0.4, 0.5) is 4.39 Å². The van der Waals surface area contributed by atoms with Gasteiger partial charge in [0.15, 0.2) is 0 Å². The molecule has 3 nitrogen and oxygen atoms in total. The number of nitrogens with zero attached hydrogens (tertiary/aromatic N) is 2. The predicted molar refractivity (Wildman–Crippen MR) is 77.1 cm³/mol. The van der Waals surface area contributed by atoms with E-state index in [2.05, 4.69) is 22.0 Å². The third-order valence-electron chi connectivity index (χ3n) is 3.96. The smallest absolute Gasteiger partial charge is 0.123 e. The first-order valence-electron chi connectivity index (χ1n) is 7.30. The first-order chi connectivity index (χ1) is 9.78. The Balaban J connectivity index is 1.83. The average molecular weight is 273 g/mol. The van der Waals surface area contributed by atoms with Crippen LogP contribution < -0.4 is 5.32 Å². The van der Waals surface area contributed by atoms with E-state index >= 15 is 0 Å². The number of fused-ring (bicyclic) bond motifs is 1. The SMILES string of the molecule is CCNC1CCCc2c1cnn2Cc1ccc(F)cc1. The molecule has 1 aromatic heterocycles. The molecule has 4 heteroatoms. The van der Waals surface area contributed by atoms with Gasteiger partial charge in [-0.15, -0.1) is 0 Å². The molecular weight excluding hydrogens is 253 g/mol. The van der Waals surface area contributed by atoms with Gasteiger partial charge in [-0.1, -0.05) is 19.1 Å². The van der Waals surface area contributed by atoms with Gasteiger partial charge in [-0.2, -0.15) is 5.10 Å². The average Bonchev–Trinajstić information content (AvgIpc) is 2.86. The normalized spacial score (nSPS) is 18.0. The fourth-order valence-electron chi connectivity index (χ4n) is 2.98. The first kappa shape index (κ1) is 13.3. The van der Waals surface area contributed by atoms with E-state index in [9.17, 15) is 4.39 Å². The van der Waals surface area contributed by atoms with Crippen molar-refractivity contribution in [3.8, 4) is 0 Å². The third kappa shape index (κ3) is 2.61. The molecule has 0 amide bonds. The summed E-state index contributed by atoms with van der Waals surface area (Å²) in [5, 5.41) is 8.05. The van der Waals surface area contributed by atoms with E-state index in [1.807, 2.05) is 18.3 Å². The molecule has 0 bridgehead atoms. The van der Waals surface area contributed by atoms with Crippen molar-refractivity contribution in [2.75, 3.05) is 6.54 Å². The minimum Gasteiger partial charge on any atom is -0.310 e. The molecule has 106 valence electrons. The molecular formula is C16H20FN3. The van der Waals surface area contributed by atoms with Gasteiger partial charge in [-0.3, -0.25) is 4.68 Å². The summed E-state index contributed by atoms with van der Waals surface area (Å²) in [5.41, 5.74) is 3.75. The molecule has 0 saturated carbocycles. The van der Waals surface area contributed by atoms with Gasteiger partial charge in [0.05, 0.1) is 12.7 Å². The van der Waals surface area contributed by atoms with Crippen LogP contribution in [0.2, 0.25) is 0 Å². The number of aromatic nitrogens is 2. The van der Waals surface area contributed by atoms with E-state index in [4.69, 9.17) is 0 Å². The highest BCUT2D eigenvalue weighted by Gasteiger charge is 2.23. The Hall–Kier alpha value is -1.68. The highest BCUT2D eigenvalue weighted by atomic mass is 19.1. The second-order valence-corrected chi connectivity index (χ2v) is 5.33. The minimum absolute atomic E-state index is 0.191. The fraction of sp³-hybridized carbons (Fsp3) is 0.438. The Kier molecular flexibility index (Phi) is 3.83. The van der Waals surface area contributed by atoms with Crippen LogP contribution in [0.1, 0.15) is 42.6 Å². The van der Waals surface area contributed by atoms with Gasteiger partial charge >= 0.3 is 0 Å². The first-order valence-corrected chi connectivity index (χ1v) is 7.30. The number of nitrogens with one attached hydrogen (secondary N) is 1. The van der Waals surface area contributed by atoms with Crippen LogP contribution in [-0.4, -0.2) is 16.3 Å². The molecule has 0 aliphatic heterocycles. The van der Waals surface area contributed by atoms with Crippen LogP contribution >= 0.6 is 0 Å². The quantitative estimate of drug-likeness (QED) is 0.928. The zero-order valence-corrected chi connectivity index (χ0v) is 11.8. The Labute approximate surface area is 118 Å². The molecule has 2 aromatic rings. The third-order valence-corrected chi connectivity index (χ3v) is 3.96. The lowest BCUT2D eigenvalue weighted by molar-refractivity contribution is 0.460. The highest BCUT2D eigenvalue weighted by molar-refractivity contribution is 5.26. The molecule has 20 heavy (non-hydrogen) atoms. The van der Waals surface area contributed by atoms with Crippen LogP contribution in [-0.2, 0) is 13.0 Å². The van der Waals surface area contributed by atoms with Crippen LogP contribution in [0.15, 0.2) is 30.5 Å². The van der Waals surface area contributed by atoms with Crippen molar-refractivity contribution in [1.29, 1.82) is 0 Å². The van der Waals surface area contributed by atoms with E-state index < -0.39 is 0 Å². The second-order valence-electron chi connectivity index (χ2n) is 5.33. The maximum Gasteiger partial charge on any atom is 0.123 e. The lowest BCUT2D eigenvalue weighted by atomic mass is 9.93. The van der Waals surface area contributed by atoms with Gasteiger partial charge in [0, 0.05) is 17.3 Å². The number of hydrogen-bond acceptors (Lipinski definition) is 2. The Morgan fingerprint density at radius 2 is 2.15 bits per heavy atom. The highest BCUT2D eigenvalue weighted by Crippen LogP contribution is 2.29. The van der Waals surface area contributed by atoms with Gasteiger partial charge in [-0.25, -0.2) is 4.39 Å². The summed E-state index contributed by atoms with van der Waals surface area (Å²) in [4.78, 5) is 0. The van der Waals surface area contributed by atoms with Crippen molar-refractivity contribution in [2.24, 2.45) is 0 Å². The molecule has 1 N–H and O–H groups in total. The number of hydrogen-bond donors (Lipinski definition) is 1. The Morgan fingerprint density at radius 1 is 1.35 bits per heavy atom. The predicted octanol–water partition coefficient (Wildman–Crippen LogP) is 3.06. The van der Waals surface area contributed by atoms with Crippen molar-refractivity contribution in [2.45, 2.75) is 38.8 Å². The van der Waals surface area contributed by atoms with E-state index in [1.54, 1.807) is 0 Å². The monoisotopic (exact) mass is 273 g/mol. The Bertz CT molecular complexity index is 574. The van der Waals surface area contributed by atoms with Crippen molar-refractivity contribution in [3.63, 3.8) is 0 Å². The molecule has 0 saturated heterocycles.